The first-order valence-corrected chi connectivity index (χ1v) is 7.32. The number of rotatable bonds is 5. The van der Waals surface area contributed by atoms with E-state index in [1.165, 1.54) is 0 Å². The van der Waals surface area contributed by atoms with Crippen molar-refractivity contribution in [2.45, 2.75) is 25.8 Å². The van der Waals surface area contributed by atoms with Gasteiger partial charge in [-0.05, 0) is 31.9 Å². The Morgan fingerprint density at radius 3 is 2.55 bits per heavy atom. The molecule has 0 unspecified atom stereocenters. The Morgan fingerprint density at radius 2 is 1.91 bits per heavy atom. The number of aliphatic imine (C=N–C) groups is 1. The minimum absolute atomic E-state index is 0. The van der Waals surface area contributed by atoms with Crippen LogP contribution in [0, 0.1) is 0 Å². The van der Waals surface area contributed by atoms with E-state index in [4.69, 9.17) is 0 Å². The van der Waals surface area contributed by atoms with Crippen molar-refractivity contribution in [1.29, 1.82) is 0 Å². The van der Waals surface area contributed by atoms with Gasteiger partial charge in [-0.2, -0.15) is 0 Å². The first-order chi connectivity index (χ1) is 10.3. The topological polar surface area (TPSA) is 65.5 Å². The Hall–Kier alpha value is -1.57. The number of nitrogens with one attached hydrogen (secondary N) is 3. The molecule has 5 nitrogen and oxygen atoms in total. The maximum absolute atomic E-state index is 11.9. The fraction of sp³-hybridized carbons (Fsp3) is 0.375. The zero-order valence-electron chi connectivity index (χ0n) is 12.7. The normalized spacial score (nSPS) is 14.3. The minimum Gasteiger partial charge on any atom is -0.357 e. The van der Waals surface area contributed by atoms with E-state index in [1.54, 1.807) is 0 Å². The van der Waals surface area contributed by atoms with Crippen LogP contribution < -0.4 is 16.0 Å². The second-order valence-electron chi connectivity index (χ2n) is 4.89. The molecule has 1 amide bonds. The zero-order valence-corrected chi connectivity index (χ0v) is 15.0. The summed E-state index contributed by atoms with van der Waals surface area (Å²) in [4.78, 5) is 16.2. The van der Waals surface area contributed by atoms with E-state index in [-0.39, 0.29) is 36.4 Å². The van der Waals surface area contributed by atoms with Gasteiger partial charge < -0.3 is 16.0 Å². The molecule has 0 saturated heterocycles. The molecule has 0 fully saturated rings. The van der Waals surface area contributed by atoms with E-state index in [0.717, 1.165) is 25.1 Å². The fourth-order valence-corrected chi connectivity index (χ4v) is 2.12. The predicted octanol–water partition coefficient (Wildman–Crippen LogP) is 2.52. The molecule has 1 aliphatic carbocycles. The molecule has 0 aliphatic heterocycles. The molecule has 0 saturated carbocycles. The monoisotopic (exact) mass is 414 g/mol. The van der Waals surface area contributed by atoms with E-state index >= 15 is 0 Å². The molecule has 0 aromatic heterocycles. The number of amides is 1. The quantitative estimate of drug-likeness (QED) is 0.300. The van der Waals surface area contributed by atoms with Crippen molar-refractivity contribution in [3.8, 4) is 0 Å². The number of halogens is 1. The predicted molar refractivity (Wildman–Crippen MR) is 102 cm³/mol. The van der Waals surface area contributed by atoms with Crippen molar-refractivity contribution in [3.05, 3.63) is 42.5 Å². The Morgan fingerprint density at radius 1 is 1.23 bits per heavy atom. The van der Waals surface area contributed by atoms with Crippen LogP contribution in [0.1, 0.15) is 19.8 Å². The smallest absolute Gasteiger partial charge is 0.246 e. The van der Waals surface area contributed by atoms with Crippen molar-refractivity contribution in [3.63, 3.8) is 0 Å². The van der Waals surface area contributed by atoms with E-state index in [9.17, 15) is 4.79 Å². The van der Waals surface area contributed by atoms with Crippen molar-refractivity contribution >= 4 is 41.5 Å². The molecule has 0 heterocycles. The lowest BCUT2D eigenvalue weighted by Gasteiger charge is -2.16. The molecular weight excluding hydrogens is 391 g/mol. The molecule has 22 heavy (non-hydrogen) atoms. The van der Waals surface area contributed by atoms with E-state index in [0.29, 0.717) is 12.0 Å². The van der Waals surface area contributed by atoms with Gasteiger partial charge in [0.1, 0.15) is 6.54 Å². The minimum atomic E-state index is -0.122. The van der Waals surface area contributed by atoms with Crippen LogP contribution in [-0.4, -0.2) is 31.0 Å². The lowest BCUT2D eigenvalue weighted by Crippen LogP contribution is -2.42. The van der Waals surface area contributed by atoms with Crippen LogP contribution in [0.4, 0.5) is 5.69 Å². The number of anilines is 1. The van der Waals surface area contributed by atoms with Crippen molar-refractivity contribution in [2.75, 3.05) is 18.4 Å². The maximum Gasteiger partial charge on any atom is 0.246 e. The van der Waals surface area contributed by atoms with Crippen LogP contribution in [0.3, 0.4) is 0 Å². The van der Waals surface area contributed by atoms with Gasteiger partial charge in [0.2, 0.25) is 5.91 Å². The third-order valence-electron chi connectivity index (χ3n) is 3.13. The largest absolute Gasteiger partial charge is 0.357 e. The van der Waals surface area contributed by atoms with Gasteiger partial charge in [-0.3, -0.25) is 4.79 Å². The Balaban J connectivity index is 0.00000242. The van der Waals surface area contributed by atoms with Gasteiger partial charge in [0, 0.05) is 18.3 Å². The summed E-state index contributed by atoms with van der Waals surface area (Å²) < 4.78 is 0. The van der Waals surface area contributed by atoms with Gasteiger partial charge >= 0.3 is 0 Å². The first-order valence-electron chi connectivity index (χ1n) is 7.32. The summed E-state index contributed by atoms with van der Waals surface area (Å²) in [6.45, 7) is 2.88. The third-order valence-corrected chi connectivity index (χ3v) is 3.13. The molecular formula is C16H23IN4O. The molecule has 0 radical (unpaired) electrons. The molecule has 1 aliphatic rings. The molecule has 1 aromatic carbocycles. The molecule has 2 rings (SSSR count). The second kappa shape index (κ2) is 10.2. The highest BCUT2D eigenvalue weighted by atomic mass is 127. The number of carbonyl (C=O) groups excluding carboxylic acids is 1. The lowest BCUT2D eigenvalue weighted by atomic mass is 10.2. The highest BCUT2D eigenvalue weighted by Gasteiger charge is 2.11. The third kappa shape index (κ3) is 6.46. The van der Waals surface area contributed by atoms with Crippen LogP contribution in [0.2, 0.25) is 0 Å². The van der Waals surface area contributed by atoms with Gasteiger partial charge in [-0.15, -0.1) is 24.0 Å². The standard InChI is InChI=1S/C16H22N4O.HI/c1-2-17-16(20-14-10-6-7-11-14)18-12-15(21)19-13-8-4-3-5-9-13;/h3-9,14H,2,10-12H2,1H3,(H,19,21)(H2,17,18,20);1H. The van der Waals surface area contributed by atoms with E-state index in [1.807, 2.05) is 37.3 Å². The second-order valence-corrected chi connectivity index (χ2v) is 4.89. The van der Waals surface area contributed by atoms with E-state index in [2.05, 4.69) is 33.1 Å². The van der Waals surface area contributed by atoms with Crippen LogP contribution in [0.5, 0.6) is 0 Å². The van der Waals surface area contributed by atoms with Crippen molar-refractivity contribution in [2.24, 2.45) is 4.99 Å². The maximum atomic E-state index is 11.9. The number of guanidine groups is 1. The highest BCUT2D eigenvalue weighted by Crippen LogP contribution is 2.08. The number of hydrogen-bond acceptors (Lipinski definition) is 2. The number of carbonyl (C=O) groups is 1. The van der Waals surface area contributed by atoms with Gasteiger partial charge in [0.25, 0.3) is 0 Å². The Labute approximate surface area is 148 Å². The van der Waals surface area contributed by atoms with Crippen LogP contribution in [-0.2, 0) is 4.79 Å². The number of hydrogen-bond donors (Lipinski definition) is 3. The van der Waals surface area contributed by atoms with Gasteiger partial charge in [0.05, 0.1) is 0 Å². The van der Waals surface area contributed by atoms with Gasteiger partial charge in [-0.1, -0.05) is 30.4 Å². The number of nitrogens with zero attached hydrogens (tertiary/aromatic N) is 1. The molecule has 1 aromatic rings. The molecule has 6 heteroatoms. The summed E-state index contributed by atoms with van der Waals surface area (Å²) in [5.41, 5.74) is 0.788. The lowest BCUT2D eigenvalue weighted by molar-refractivity contribution is -0.114. The average molecular weight is 414 g/mol. The average Bonchev–Trinajstić information content (AvgIpc) is 2.99. The van der Waals surface area contributed by atoms with E-state index < -0.39 is 0 Å². The van der Waals surface area contributed by atoms with Gasteiger partial charge in [-0.25, -0.2) is 4.99 Å². The molecule has 0 bridgehead atoms. The summed E-state index contributed by atoms with van der Waals surface area (Å²) in [6.07, 6.45) is 6.31. The summed E-state index contributed by atoms with van der Waals surface area (Å²) in [5.74, 6) is 0.567. The number of para-hydroxylation sites is 1. The fourth-order valence-electron chi connectivity index (χ4n) is 2.12. The summed E-state index contributed by atoms with van der Waals surface area (Å²) in [6, 6.07) is 9.77. The van der Waals surface area contributed by atoms with Gasteiger partial charge in [0.15, 0.2) is 5.96 Å². The summed E-state index contributed by atoms with van der Waals surface area (Å²) in [5, 5.41) is 9.31. The first kappa shape index (κ1) is 18.5. The molecule has 3 N–H and O–H groups in total. The Kier molecular flexibility index (Phi) is 8.57. The highest BCUT2D eigenvalue weighted by molar-refractivity contribution is 14.0. The van der Waals surface area contributed by atoms with Crippen molar-refractivity contribution in [1.82, 2.24) is 10.6 Å². The van der Waals surface area contributed by atoms with Crippen LogP contribution in [0.15, 0.2) is 47.5 Å². The molecule has 0 spiro atoms. The Bertz CT molecular complexity index is 508. The summed E-state index contributed by atoms with van der Waals surface area (Å²) >= 11 is 0. The summed E-state index contributed by atoms with van der Waals surface area (Å²) in [7, 11) is 0. The zero-order chi connectivity index (χ0) is 14.9. The van der Waals surface area contributed by atoms with Crippen molar-refractivity contribution < 1.29 is 4.79 Å². The number of benzene rings is 1. The molecule has 0 atom stereocenters. The molecule has 120 valence electrons. The van der Waals surface area contributed by atoms with Crippen LogP contribution in [0.25, 0.3) is 0 Å². The van der Waals surface area contributed by atoms with Crippen LogP contribution >= 0.6 is 24.0 Å². The SMILES string of the molecule is CCNC(=NCC(=O)Nc1ccccc1)NC1CC=CC1.I.